The van der Waals surface area contributed by atoms with Crippen LogP contribution in [0.15, 0.2) is 104 Å². The number of benzene rings is 4. The maximum atomic E-state index is 13.6. The molecular formula is C31H20BrCl2N3O4. The van der Waals surface area contributed by atoms with E-state index in [2.05, 4.69) is 21.0 Å². The van der Waals surface area contributed by atoms with E-state index in [-0.39, 0.29) is 18.0 Å². The second-order valence-corrected chi connectivity index (χ2v) is 10.7. The molecule has 4 aromatic carbocycles. The number of methoxy groups -OCH3 is 1. The van der Waals surface area contributed by atoms with Crippen LogP contribution in [0.1, 0.15) is 11.1 Å². The molecule has 0 atom stereocenters. The van der Waals surface area contributed by atoms with E-state index in [0.717, 1.165) is 10.9 Å². The lowest BCUT2D eigenvalue weighted by molar-refractivity contribution is 0.282. The standard InChI is InChI=1S/C31H20BrCl2N3O4/c1-39-27-13-18(12-23(32)29(27)40-17-20-10-11-21(33)15-24(20)34)16-35-37-30(28-14-19-6-2-5-9-26(19)41-28)36-25-8-4-3-7-22(25)31(37)38/h2-16H,17H2,1H3. The summed E-state index contributed by atoms with van der Waals surface area (Å²) in [5.41, 5.74) is 2.34. The number of ether oxygens (including phenoxy) is 2. The molecule has 0 spiro atoms. The van der Waals surface area contributed by atoms with E-state index >= 15 is 0 Å². The highest BCUT2D eigenvalue weighted by molar-refractivity contribution is 9.10. The SMILES string of the molecule is COc1cc(C=Nn2c(-c3cc4ccccc4o3)nc3ccccc3c2=O)cc(Br)c1OCc1ccc(Cl)cc1Cl. The molecule has 10 heteroatoms. The third kappa shape index (κ3) is 5.46. The average Bonchev–Trinajstić information content (AvgIpc) is 3.41. The number of hydrogen-bond donors (Lipinski definition) is 0. The van der Waals surface area contributed by atoms with Crippen LogP contribution in [-0.4, -0.2) is 23.0 Å². The van der Waals surface area contributed by atoms with Crippen molar-refractivity contribution in [1.82, 2.24) is 9.66 Å². The van der Waals surface area contributed by atoms with Gasteiger partial charge in [0.05, 0.1) is 28.7 Å². The molecule has 6 aromatic rings. The molecule has 204 valence electrons. The fraction of sp³-hybridized carbons (Fsp3) is 0.0645. The third-order valence-corrected chi connectivity index (χ3v) is 7.54. The Bertz CT molecular complexity index is 1990. The largest absolute Gasteiger partial charge is 0.493 e. The van der Waals surface area contributed by atoms with Gasteiger partial charge < -0.3 is 13.9 Å². The lowest BCUT2D eigenvalue weighted by Gasteiger charge is -2.14. The highest BCUT2D eigenvalue weighted by atomic mass is 79.9. The van der Waals surface area contributed by atoms with Gasteiger partial charge in [-0.05, 0) is 70.0 Å². The van der Waals surface area contributed by atoms with E-state index in [1.54, 1.807) is 55.8 Å². The zero-order chi connectivity index (χ0) is 28.5. The highest BCUT2D eigenvalue weighted by Gasteiger charge is 2.17. The van der Waals surface area contributed by atoms with Crippen LogP contribution in [-0.2, 0) is 6.61 Å². The minimum Gasteiger partial charge on any atom is -0.493 e. The van der Waals surface area contributed by atoms with E-state index in [1.807, 2.05) is 42.5 Å². The van der Waals surface area contributed by atoms with Crippen molar-refractivity contribution in [3.05, 3.63) is 121 Å². The summed E-state index contributed by atoms with van der Waals surface area (Å²) in [5.74, 6) is 1.66. The number of rotatable bonds is 7. The Balaban J connectivity index is 1.38. The van der Waals surface area contributed by atoms with Gasteiger partial charge >= 0.3 is 0 Å². The van der Waals surface area contributed by atoms with Gasteiger partial charge in [-0.15, -0.1) is 0 Å². The first-order valence-electron chi connectivity index (χ1n) is 12.4. The van der Waals surface area contributed by atoms with Crippen molar-refractivity contribution in [1.29, 1.82) is 0 Å². The number of fused-ring (bicyclic) bond motifs is 2. The Morgan fingerprint density at radius 3 is 2.63 bits per heavy atom. The second-order valence-electron chi connectivity index (χ2n) is 9.02. The van der Waals surface area contributed by atoms with E-state index in [4.69, 9.17) is 42.1 Å². The molecule has 0 aliphatic carbocycles. The first-order valence-corrected chi connectivity index (χ1v) is 14.0. The van der Waals surface area contributed by atoms with Crippen LogP contribution in [0.4, 0.5) is 0 Å². The average molecular weight is 649 g/mol. The molecule has 0 aliphatic heterocycles. The summed E-state index contributed by atoms with van der Waals surface area (Å²) in [6.45, 7) is 0.206. The fourth-order valence-electron chi connectivity index (χ4n) is 4.35. The maximum Gasteiger partial charge on any atom is 0.282 e. The summed E-state index contributed by atoms with van der Waals surface area (Å²) in [6, 6.07) is 25.4. The quantitative estimate of drug-likeness (QED) is 0.163. The zero-order valence-electron chi connectivity index (χ0n) is 21.5. The topological polar surface area (TPSA) is 78.9 Å². The smallest absolute Gasteiger partial charge is 0.282 e. The van der Waals surface area contributed by atoms with Gasteiger partial charge in [0, 0.05) is 21.0 Å². The first kappa shape index (κ1) is 27.1. The summed E-state index contributed by atoms with van der Waals surface area (Å²) in [7, 11) is 1.54. The van der Waals surface area contributed by atoms with Gasteiger partial charge in [-0.25, -0.2) is 4.98 Å². The molecule has 0 saturated heterocycles. The number of halogens is 3. The predicted octanol–water partition coefficient (Wildman–Crippen LogP) is 8.35. The summed E-state index contributed by atoms with van der Waals surface area (Å²) >= 11 is 15.9. The Morgan fingerprint density at radius 1 is 1.02 bits per heavy atom. The van der Waals surface area contributed by atoms with E-state index < -0.39 is 0 Å². The van der Waals surface area contributed by atoms with Crippen molar-refractivity contribution in [2.75, 3.05) is 7.11 Å². The third-order valence-electron chi connectivity index (χ3n) is 6.36. The Labute approximate surface area is 252 Å². The van der Waals surface area contributed by atoms with E-state index in [1.165, 1.54) is 4.68 Å². The van der Waals surface area contributed by atoms with Crippen LogP contribution in [0.25, 0.3) is 33.5 Å². The van der Waals surface area contributed by atoms with Crippen molar-refractivity contribution >= 4 is 67.2 Å². The van der Waals surface area contributed by atoms with Gasteiger partial charge in [0.1, 0.15) is 12.2 Å². The lowest BCUT2D eigenvalue weighted by atomic mass is 10.2. The molecule has 7 nitrogen and oxygen atoms in total. The summed E-state index contributed by atoms with van der Waals surface area (Å²) < 4.78 is 19.5. The van der Waals surface area contributed by atoms with Crippen LogP contribution in [0.3, 0.4) is 0 Å². The van der Waals surface area contributed by atoms with Gasteiger partial charge in [-0.3, -0.25) is 4.79 Å². The molecule has 0 saturated carbocycles. The second kappa shape index (κ2) is 11.4. The molecule has 6 rings (SSSR count). The minimum absolute atomic E-state index is 0.206. The first-order chi connectivity index (χ1) is 19.9. The minimum atomic E-state index is -0.326. The van der Waals surface area contributed by atoms with Crippen LogP contribution in [0, 0.1) is 0 Å². The number of hydrogen-bond acceptors (Lipinski definition) is 6. The molecule has 0 radical (unpaired) electrons. The van der Waals surface area contributed by atoms with Crippen molar-refractivity contribution in [2.24, 2.45) is 5.10 Å². The molecule has 0 aliphatic rings. The number of aromatic nitrogens is 2. The lowest BCUT2D eigenvalue weighted by Crippen LogP contribution is -2.20. The van der Waals surface area contributed by atoms with Crippen LogP contribution >= 0.6 is 39.1 Å². The van der Waals surface area contributed by atoms with Crippen LogP contribution in [0.2, 0.25) is 10.0 Å². The van der Waals surface area contributed by atoms with Gasteiger partial charge in [-0.1, -0.05) is 59.6 Å². The zero-order valence-corrected chi connectivity index (χ0v) is 24.6. The van der Waals surface area contributed by atoms with E-state index in [9.17, 15) is 4.79 Å². The highest BCUT2D eigenvalue weighted by Crippen LogP contribution is 2.37. The van der Waals surface area contributed by atoms with Crippen LogP contribution < -0.4 is 15.0 Å². The molecule has 2 heterocycles. The molecule has 2 aromatic heterocycles. The Kier molecular flexibility index (Phi) is 7.53. The predicted molar refractivity (Wildman–Crippen MR) is 166 cm³/mol. The number of furan rings is 1. The molecular weight excluding hydrogens is 629 g/mol. The summed E-state index contributed by atoms with van der Waals surface area (Å²) in [5, 5.41) is 6.92. The summed E-state index contributed by atoms with van der Waals surface area (Å²) in [4.78, 5) is 18.3. The van der Waals surface area contributed by atoms with Crippen molar-refractivity contribution < 1.29 is 13.9 Å². The molecule has 0 N–H and O–H groups in total. The number of para-hydroxylation sites is 2. The molecule has 41 heavy (non-hydrogen) atoms. The Hall–Kier alpha value is -4.11. The normalized spacial score (nSPS) is 11.5. The maximum absolute atomic E-state index is 13.6. The van der Waals surface area contributed by atoms with Gasteiger partial charge in [0.25, 0.3) is 5.56 Å². The van der Waals surface area contributed by atoms with Crippen molar-refractivity contribution in [3.63, 3.8) is 0 Å². The monoisotopic (exact) mass is 647 g/mol. The molecule has 0 unspecified atom stereocenters. The fourth-order valence-corrected chi connectivity index (χ4v) is 5.39. The van der Waals surface area contributed by atoms with Gasteiger partial charge in [-0.2, -0.15) is 9.78 Å². The summed E-state index contributed by atoms with van der Waals surface area (Å²) in [6.07, 6.45) is 1.55. The molecule has 0 amide bonds. The Morgan fingerprint density at radius 2 is 1.83 bits per heavy atom. The number of nitrogens with zero attached hydrogens (tertiary/aromatic N) is 3. The molecule has 0 fully saturated rings. The van der Waals surface area contributed by atoms with Crippen molar-refractivity contribution in [2.45, 2.75) is 6.61 Å². The molecule has 0 bridgehead atoms. The van der Waals surface area contributed by atoms with Gasteiger partial charge in [0.15, 0.2) is 17.3 Å². The van der Waals surface area contributed by atoms with Crippen molar-refractivity contribution in [3.8, 4) is 23.1 Å². The van der Waals surface area contributed by atoms with E-state index in [0.29, 0.717) is 53.8 Å². The van der Waals surface area contributed by atoms with Crippen LogP contribution in [0.5, 0.6) is 11.5 Å². The van der Waals surface area contributed by atoms with Gasteiger partial charge in [0.2, 0.25) is 5.82 Å².